The van der Waals surface area contributed by atoms with Crippen LogP contribution < -0.4 is 5.43 Å². The van der Waals surface area contributed by atoms with Gasteiger partial charge in [-0.3, -0.25) is 14.9 Å². The molecule has 0 fully saturated rings. The van der Waals surface area contributed by atoms with Gasteiger partial charge in [0.25, 0.3) is 11.6 Å². The molecule has 2 N–H and O–H groups in total. The van der Waals surface area contributed by atoms with Gasteiger partial charge in [-0.05, 0) is 47.2 Å². The Morgan fingerprint density at radius 3 is 2.43 bits per heavy atom. The van der Waals surface area contributed by atoms with Crippen molar-refractivity contribution < 1.29 is 19.2 Å². The number of fused-ring (bicyclic) bond motifs is 1. The molecule has 0 unspecified atom stereocenters. The molecule has 0 aliphatic carbocycles. The fraction of sp³-hybridized carbons (Fsp3) is 0. The molecule has 0 aliphatic rings. The van der Waals surface area contributed by atoms with Crippen LogP contribution in [-0.4, -0.2) is 22.2 Å². The van der Waals surface area contributed by atoms with E-state index in [1.807, 2.05) is 24.3 Å². The maximum atomic E-state index is 12.3. The third-order valence-electron chi connectivity index (χ3n) is 4.46. The normalized spacial score (nSPS) is 11.1. The van der Waals surface area contributed by atoms with Crippen LogP contribution in [0.15, 0.2) is 82.3 Å². The van der Waals surface area contributed by atoms with E-state index in [0.717, 1.165) is 10.8 Å². The number of carbonyl (C=O) groups is 1. The van der Waals surface area contributed by atoms with Gasteiger partial charge in [0.15, 0.2) is 0 Å². The van der Waals surface area contributed by atoms with Crippen molar-refractivity contribution >= 4 is 28.6 Å². The number of phenolic OH excluding ortho intramolecular Hbond substituents is 1. The fourth-order valence-corrected chi connectivity index (χ4v) is 2.95. The minimum Gasteiger partial charge on any atom is -0.507 e. The summed E-state index contributed by atoms with van der Waals surface area (Å²) in [5.41, 5.74) is 3.13. The second-order valence-electron chi connectivity index (χ2n) is 6.42. The van der Waals surface area contributed by atoms with Gasteiger partial charge in [-0.1, -0.05) is 24.3 Å². The number of benzene rings is 3. The van der Waals surface area contributed by atoms with Crippen LogP contribution in [0.3, 0.4) is 0 Å². The standard InChI is InChI=1S/C22H15N3O5/c26-20-12-16-4-2-1-3-15(16)11-19(20)22(27)24-23-13-18-9-10-21(30-18)14-5-7-17(8-6-14)25(28)29/h1-13,26H,(H,24,27)/b23-13+. The van der Waals surface area contributed by atoms with E-state index < -0.39 is 10.8 Å². The number of rotatable bonds is 5. The topological polar surface area (TPSA) is 118 Å². The first-order valence-corrected chi connectivity index (χ1v) is 8.91. The largest absolute Gasteiger partial charge is 0.507 e. The SMILES string of the molecule is O=C(N/N=C/c1ccc(-c2ccc([N+](=O)[O-])cc2)o1)c1cc2ccccc2cc1O. The number of carbonyl (C=O) groups excluding carboxylic acids is 1. The molecule has 0 saturated heterocycles. The lowest BCUT2D eigenvalue weighted by atomic mass is 10.1. The Balaban J connectivity index is 1.45. The molecule has 148 valence electrons. The first kappa shape index (κ1) is 18.9. The van der Waals surface area contributed by atoms with Crippen LogP contribution in [0.25, 0.3) is 22.1 Å². The number of nitro benzene ring substituents is 1. The summed E-state index contributed by atoms with van der Waals surface area (Å²) >= 11 is 0. The third kappa shape index (κ3) is 3.88. The molecule has 0 atom stereocenters. The third-order valence-corrected chi connectivity index (χ3v) is 4.46. The zero-order chi connectivity index (χ0) is 21.1. The number of nitrogens with zero attached hydrogens (tertiary/aromatic N) is 2. The van der Waals surface area contributed by atoms with Crippen LogP contribution >= 0.6 is 0 Å². The van der Waals surface area contributed by atoms with E-state index >= 15 is 0 Å². The highest BCUT2D eigenvalue weighted by molar-refractivity contribution is 6.01. The maximum absolute atomic E-state index is 12.3. The Morgan fingerprint density at radius 2 is 1.73 bits per heavy atom. The summed E-state index contributed by atoms with van der Waals surface area (Å²) < 4.78 is 5.62. The van der Waals surface area contributed by atoms with Gasteiger partial charge in [-0.15, -0.1) is 0 Å². The van der Waals surface area contributed by atoms with Crippen LogP contribution in [0.4, 0.5) is 5.69 Å². The number of non-ortho nitro benzene ring substituents is 1. The van der Waals surface area contributed by atoms with Crippen molar-refractivity contribution in [3.8, 4) is 17.1 Å². The maximum Gasteiger partial charge on any atom is 0.275 e. The molecular formula is C22H15N3O5. The van der Waals surface area contributed by atoms with Gasteiger partial charge in [0.1, 0.15) is 17.3 Å². The van der Waals surface area contributed by atoms with Crippen LogP contribution in [0.1, 0.15) is 16.1 Å². The number of nitro groups is 1. The summed E-state index contributed by atoms with van der Waals surface area (Å²) in [4.78, 5) is 22.6. The minimum absolute atomic E-state index is 0.00764. The zero-order valence-corrected chi connectivity index (χ0v) is 15.5. The van der Waals surface area contributed by atoms with Gasteiger partial charge < -0.3 is 9.52 Å². The smallest absolute Gasteiger partial charge is 0.275 e. The first-order chi connectivity index (χ1) is 14.5. The highest BCUT2D eigenvalue weighted by atomic mass is 16.6. The van der Waals surface area contributed by atoms with Crippen molar-refractivity contribution in [2.45, 2.75) is 0 Å². The highest BCUT2D eigenvalue weighted by Gasteiger charge is 2.12. The number of hydrogen-bond acceptors (Lipinski definition) is 6. The summed E-state index contributed by atoms with van der Waals surface area (Å²) in [5, 5.41) is 26.3. The molecule has 1 aromatic heterocycles. The molecular weight excluding hydrogens is 386 g/mol. The summed E-state index contributed by atoms with van der Waals surface area (Å²) in [6.07, 6.45) is 1.32. The van der Waals surface area contributed by atoms with Crippen molar-refractivity contribution in [2.75, 3.05) is 0 Å². The highest BCUT2D eigenvalue weighted by Crippen LogP contribution is 2.25. The summed E-state index contributed by atoms with van der Waals surface area (Å²) in [7, 11) is 0. The molecule has 0 saturated carbocycles. The molecule has 30 heavy (non-hydrogen) atoms. The monoisotopic (exact) mass is 401 g/mol. The molecule has 8 nitrogen and oxygen atoms in total. The predicted octanol–water partition coefficient (Wildman–Crippen LogP) is 4.48. The van der Waals surface area contributed by atoms with Gasteiger partial charge >= 0.3 is 0 Å². The average Bonchev–Trinajstić information content (AvgIpc) is 3.22. The van der Waals surface area contributed by atoms with E-state index in [0.29, 0.717) is 17.1 Å². The predicted molar refractivity (Wildman–Crippen MR) is 111 cm³/mol. The van der Waals surface area contributed by atoms with E-state index in [1.165, 1.54) is 24.4 Å². The fourth-order valence-electron chi connectivity index (χ4n) is 2.95. The number of furan rings is 1. The van der Waals surface area contributed by atoms with Crippen LogP contribution in [-0.2, 0) is 0 Å². The zero-order valence-electron chi connectivity index (χ0n) is 15.5. The summed E-state index contributed by atoms with van der Waals surface area (Å²) in [5.74, 6) is 0.188. The molecule has 4 aromatic rings. The van der Waals surface area contributed by atoms with Crippen molar-refractivity contribution in [1.29, 1.82) is 0 Å². The molecule has 0 radical (unpaired) electrons. The van der Waals surface area contributed by atoms with Gasteiger partial charge in [0, 0.05) is 17.7 Å². The second kappa shape index (κ2) is 7.88. The molecule has 4 rings (SSSR count). The van der Waals surface area contributed by atoms with E-state index in [4.69, 9.17) is 4.42 Å². The van der Waals surface area contributed by atoms with E-state index in [1.54, 1.807) is 30.3 Å². The number of nitrogens with one attached hydrogen (secondary N) is 1. The van der Waals surface area contributed by atoms with Crippen LogP contribution in [0, 0.1) is 10.1 Å². The molecule has 0 bridgehead atoms. The average molecular weight is 401 g/mol. The summed E-state index contributed by atoms with van der Waals surface area (Å²) in [6.45, 7) is 0. The lowest BCUT2D eigenvalue weighted by Crippen LogP contribution is -2.17. The van der Waals surface area contributed by atoms with Crippen molar-refractivity contribution in [2.24, 2.45) is 5.10 Å². The Kier molecular flexibility index (Phi) is 4.96. The van der Waals surface area contributed by atoms with Crippen molar-refractivity contribution in [3.05, 3.63) is 94.2 Å². The van der Waals surface area contributed by atoms with Gasteiger partial charge in [0.2, 0.25) is 0 Å². The molecule has 8 heteroatoms. The Bertz CT molecular complexity index is 1280. The number of hydrogen-bond donors (Lipinski definition) is 2. The lowest BCUT2D eigenvalue weighted by Gasteiger charge is -2.05. The Morgan fingerprint density at radius 1 is 1.03 bits per heavy atom. The lowest BCUT2D eigenvalue weighted by molar-refractivity contribution is -0.384. The number of aromatic hydroxyl groups is 1. The van der Waals surface area contributed by atoms with Crippen molar-refractivity contribution in [3.63, 3.8) is 0 Å². The Hall–Kier alpha value is -4.46. The minimum atomic E-state index is -0.559. The van der Waals surface area contributed by atoms with Crippen LogP contribution in [0.2, 0.25) is 0 Å². The second-order valence-corrected chi connectivity index (χ2v) is 6.42. The molecule has 1 amide bonds. The number of hydrazone groups is 1. The molecule has 0 aliphatic heterocycles. The Labute approximate surface area is 170 Å². The van der Waals surface area contributed by atoms with Gasteiger partial charge in [0.05, 0.1) is 16.7 Å². The molecule has 3 aromatic carbocycles. The van der Waals surface area contributed by atoms with Crippen molar-refractivity contribution in [1.82, 2.24) is 5.43 Å². The quantitative estimate of drug-likeness (QED) is 0.290. The van der Waals surface area contributed by atoms with Gasteiger partial charge in [-0.25, -0.2) is 5.43 Å². The number of phenols is 1. The van der Waals surface area contributed by atoms with Crippen LogP contribution in [0.5, 0.6) is 5.75 Å². The number of amides is 1. The van der Waals surface area contributed by atoms with E-state index in [2.05, 4.69) is 10.5 Å². The molecule has 1 heterocycles. The van der Waals surface area contributed by atoms with Gasteiger partial charge in [-0.2, -0.15) is 5.10 Å². The van der Waals surface area contributed by atoms with E-state index in [-0.39, 0.29) is 17.0 Å². The first-order valence-electron chi connectivity index (χ1n) is 8.91. The van der Waals surface area contributed by atoms with E-state index in [9.17, 15) is 20.0 Å². The summed E-state index contributed by atoms with van der Waals surface area (Å²) in [6, 6.07) is 19.8. The molecule has 0 spiro atoms.